The van der Waals surface area contributed by atoms with Gasteiger partial charge in [-0.1, -0.05) is 24.3 Å². The molecule has 0 aliphatic rings. The number of rotatable bonds is 9. The highest BCUT2D eigenvalue weighted by Crippen LogP contribution is 2.26. The molecule has 3 heterocycles. The van der Waals surface area contributed by atoms with E-state index in [-0.39, 0.29) is 11.9 Å². The summed E-state index contributed by atoms with van der Waals surface area (Å²) in [4.78, 5) is 12.9. The number of pyridine rings is 1. The van der Waals surface area contributed by atoms with Crippen LogP contribution in [0.15, 0.2) is 54.9 Å². The molecule has 6 nitrogen and oxygen atoms in total. The lowest BCUT2D eigenvalue weighted by Gasteiger charge is -2.17. The number of hydrogen-bond acceptors (Lipinski definition) is 4. The summed E-state index contributed by atoms with van der Waals surface area (Å²) in [6.07, 6.45) is 8.19. The number of carbonyl (C=O) groups is 1. The van der Waals surface area contributed by atoms with E-state index in [2.05, 4.69) is 70.6 Å². The topological polar surface area (TPSA) is 64.2 Å². The standard InChI is InChI=1S/C24H29N5OS/c1-17(2)29-16-18(19-8-4-5-9-21(19)29)11-12-23(30)25-20(13-15-31-3)24-27-26-22-10-6-7-14-28(22)24/h4-10,14,16-17,20H,11-13,15H2,1-3H3,(H,25,30)/t20-/m1/s1. The van der Waals surface area contributed by atoms with Crippen LogP contribution in [0.4, 0.5) is 0 Å². The van der Waals surface area contributed by atoms with Crippen molar-refractivity contribution in [2.45, 2.75) is 45.2 Å². The maximum Gasteiger partial charge on any atom is 0.220 e. The van der Waals surface area contributed by atoms with Crippen LogP contribution in [0.5, 0.6) is 0 Å². The molecule has 4 rings (SSSR count). The van der Waals surface area contributed by atoms with E-state index in [1.807, 2.05) is 28.8 Å². The Bertz CT molecular complexity index is 1180. The molecule has 4 aromatic rings. The highest BCUT2D eigenvalue weighted by atomic mass is 32.2. The van der Waals surface area contributed by atoms with E-state index in [0.29, 0.717) is 18.9 Å². The van der Waals surface area contributed by atoms with Gasteiger partial charge in [0.2, 0.25) is 5.91 Å². The normalized spacial score (nSPS) is 12.6. The van der Waals surface area contributed by atoms with Crippen molar-refractivity contribution < 1.29 is 4.79 Å². The Hall–Kier alpha value is -2.80. The third kappa shape index (κ3) is 4.61. The first-order valence-corrected chi connectivity index (χ1v) is 12.1. The van der Waals surface area contributed by atoms with Crippen LogP contribution in [-0.4, -0.2) is 37.1 Å². The molecule has 0 radical (unpaired) electrons. The van der Waals surface area contributed by atoms with Gasteiger partial charge in [0.1, 0.15) is 0 Å². The van der Waals surface area contributed by atoms with Gasteiger partial charge in [0.15, 0.2) is 11.5 Å². The fourth-order valence-corrected chi connectivity index (χ4v) is 4.49. The fourth-order valence-electron chi connectivity index (χ4n) is 4.02. The van der Waals surface area contributed by atoms with Crippen molar-refractivity contribution in [1.29, 1.82) is 0 Å². The number of nitrogens with zero attached hydrogens (tertiary/aromatic N) is 4. The molecular weight excluding hydrogens is 406 g/mol. The van der Waals surface area contributed by atoms with Gasteiger partial charge < -0.3 is 9.88 Å². The van der Waals surface area contributed by atoms with Gasteiger partial charge in [-0.2, -0.15) is 11.8 Å². The van der Waals surface area contributed by atoms with Gasteiger partial charge in [-0.25, -0.2) is 0 Å². The van der Waals surface area contributed by atoms with Crippen LogP contribution in [0, 0.1) is 0 Å². The second-order valence-electron chi connectivity index (χ2n) is 8.06. The lowest BCUT2D eigenvalue weighted by Crippen LogP contribution is -2.30. The van der Waals surface area contributed by atoms with Crippen LogP contribution in [0.3, 0.4) is 0 Å². The first kappa shape index (κ1) is 21.4. The molecule has 1 aromatic carbocycles. The van der Waals surface area contributed by atoms with E-state index in [9.17, 15) is 4.79 Å². The zero-order chi connectivity index (χ0) is 21.8. The number of aromatic nitrogens is 4. The molecule has 162 valence electrons. The van der Waals surface area contributed by atoms with Gasteiger partial charge in [0, 0.05) is 35.8 Å². The van der Waals surface area contributed by atoms with Gasteiger partial charge >= 0.3 is 0 Å². The maximum absolute atomic E-state index is 12.9. The molecule has 0 saturated carbocycles. The molecule has 0 saturated heterocycles. The summed E-state index contributed by atoms with van der Waals surface area (Å²) in [5.41, 5.74) is 3.23. The Morgan fingerprint density at radius 2 is 1.94 bits per heavy atom. The molecule has 0 bridgehead atoms. The Morgan fingerprint density at radius 1 is 1.13 bits per heavy atom. The van der Waals surface area contributed by atoms with Crippen molar-refractivity contribution >= 4 is 34.2 Å². The molecule has 0 aliphatic carbocycles. The highest BCUT2D eigenvalue weighted by Gasteiger charge is 2.20. The van der Waals surface area contributed by atoms with Gasteiger partial charge in [0.25, 0.3) is 0 Å². The smallest absolute Gasteiger partial charge is 0.220 e. The van der Waals surface area contributed by atoms with Crippen LogP contribution in [0.1, 0.15) is 50.2 Å². The van der Waals surface area contributed by atoms with Gasteiger partial charge in [-0.05, 0) is 62.5 Å². The van der Waals surface area contributed by atoms with Gasteiger partial charge in [-0.15, -0.1) is 10.2 Å². The Kier molecular flexibility index (Phi) is 6.61. The number of fused-ring (bicyclic) bond motifs is 2. The van der Waals surface area contributed by atoms with Crippen molar-refractivity contribution in [3.63, 3.8) is 0 Å². The van der Waals surface area contributed by atoms with Crippen molar-refractivity contribution in [2.75, 3.05) is 12.0 Å². The second kappa shape index (κ2) is 9.56. The minimum absolute atomic E-state index is 0.0418. The average molecular weight is 436 g/mol. The molecule has 0 fully saturated rings. The third-order valence-electron chi connectivity index (χ3n) is 5.60. The molecule has 1 N–H and O–H groups in total. The van der Waals surface area contributed by atoms with E-state index < -0.39 is 0 Å². The molecular formula is C24H29N5OS. The molecule has 0 unspecified atom stereocenters. The second-order valence-corrected chi connectivity index (χ2v) is 9.05. The van der Waals surface area contributed by atoms with Crippen LogP contribution in [0.25, 0.3) is 16.6 Å². The number of nitrogens with one attached hydrogen (secondary N) is 1. The molecule has 0 spiro atoms. The number of aryl methyl sites for hydroxylation is 1. The summed E-state index contributed by atoms with van der Waals surface area (Å²) in [6, 6.07) is 14.5. The fraction of sp³-hybridized carbons (Fsp3) is 0.375. The molecule has 1 amide bonds. The van der Waals surface area contributed by atoms with E-state index in [1.54, 1.807) is 11.8 Å². The van der Waals surface area contributed by atoms with Crippen molar-refractivity contribution in [2.24, 2.45) is 0 Å². The van der Waals surface area contributed by atoms with Crippen LogP contribution in [-0.2, 0) is 11.2 Å². The number of para-hydroxylation sites is 1. The molecule has 0 aliphatic heterocycles. The minimum Gasteiger partial charge on any atom is -0.346 e. The molecule has 7 heteroatoms. The monoisotopic (exact) mass is 435 g/mol. The molecule has 31 heavy (non-hydrogen) atoms. The summed E-state index contributed by atoms with van der Waals surface area (Å²) >= 11 is 1.77. The van der Waals surface area contributed by atoms with Crippen LogP contribution in [0.2, 0.25) is 0 Å². The average Bonchev–Trinajstić information content (AvgIpc) is 3.37. The summed E-state index contributed by atoms with van der Waals surface area (Å²) in [6.45, 7) is 4.37. The summed E-state index contributed by atoms with van der Waals surface area (Å²) in [5.74, 6) is 1.77. The first-order valence-electron chi connectivity index (χ1n) is 10.7. The lowest BCUT2D eigenvalue weighted by molar-refractivity contribution is -0.121. The summed E-state index contributed by atoms with van der Waals surface area (Å²) < 4.78 is 4.24. The van der Waals surface area contributed by atoms with Crippen LogP contribution >= 0.6 is 11.8 Å². The quantitative estimate of drug-likeness (QED) is 0.410. The zero-order valence-electron chi connectivity index (χ0n) is 18.3. The minimum atomic E-state index is -0.158. The number of amides is 1. The van der Waals surface area contributed by atoms with Crippen molar-refractivity contribution in [3.8, 4) is 0 Å². The predicted octanol–water partition coefficient (Wildman–Crippen LogP) is 4.81. The number of thioether (sulfide) groups is 1. The highest BCUT2D eigenvalue weighted by molar-refractivity contribution is 7.98. The predicted molar refractivity (Wildman–Crippen MR) is 128 cm³/mol. The Labute approximate surface area is 187 Å². The summed E-state index contributed by atoms with van der Waals surface area (Å²) in [7, 11) is 0. The SMILES string of the molecule is CSCC[C@@H](NC(=O)CCc1cn(C(C)C)c2ccccc12)c1nnc2ccccn12. The lowest BCUT2D eigenvalue weighted by atomic mass is 10.1. The summed E-state index contributed by atoms with van der Waals surface area (Å²) in [5, 5.41) is 13.1. The Balaban J connectivity index is 1.49. The Morgan fingerprint density at radius 3 is 2.74 bits per heavy atom. The van der Waals surface area contributed by atoms with E-state index in [0.717, 1.165) is 23.6 Å². The maximum atomic E-state index is 12.9. The number of benzene rings is 1. The van der Waals surface area contributed by atoms with Crippen molar-refractivity contribution in [3.05, 3.63) is 66.2 Å². The molecule has 3 aromatic heterocycles. The zero-order valence-corrected chi connectivity index (χ0v) is 19.1. The van der Waals surface area contributed by atoms with Gasteiger partial charge in [-0.3, -0.25) is 9.20 Å². The van der Waals surface area contributed by atoms with E-state index in [4.69, 9.17) is 0 Å². The van der Waals surface area contributed by atoms with Gasteiger partial charge in [0.05, 0.1) is 6.04 Å². The van der Waals surface area contributed by atoms with Crippen LogP contribution < -0.4 is 5.32 Å². The van der Waals surface area contributed by atoms with E-state index >= 15 is 0 Å². The number of carbonyl (C=O) groups excluding carboxylic acids is 1. The van der Waals surface area contributed by atoms with Crippen molar-refractivity contribution in [1.82, 2.24) is 24.5 Å². The first-order chi connectivity index (χ1) is 15.1. The third-order valence-corrected chi connectivity index (χ3v) is 6.24. The molecule has 1 atom stereocenters. The number of hydrogen-bond donors (Lipinski definition) is 1. The van der Waals surface area contributed by atoms with E-state index in [1.165, 1.54) is 16.5 Å². The largest absolute Gasteiger partial charge is 0.346 e.